The van der Waals surface area contributed by atoms with E-state index in [4.69, 9.17) is 5.11 Å². The lowest BCUT2D eigenvalue weighted by Gasteiger charge is -2.15. The summed E-state index contributed by atoms with van der Waals surface area (Å²) in [6.45, 7) is 2.03. The lowest BCUT2D eigenvalue weighted by atomic mass is 10.2. The molecule has 2 aromatic rings. The van der Waals surface area contributed by atoms with Gasteiger partial charge in [-0.2, -0.15) is 5.10 Å². The SMILES string of the molecule is CC(Nc1ccc(C(=O)O)cc1)c1ccnn1C. The van der Waals surface area contributed by atoms with Crippen LogP contribution in [0.5, 0.6) is 0 Å². The minimum Gasteiger partial charge on any atom is -0.478 e. The minimum atomic E-state index is -0.916. The van der Waals surface area contributed by atoms with E-state index in [1.165, 1.54) is 0 Å². The van der Waals surface area contributed by atoms with Crippen LogP contribution in [0.3, 0.4) is 0 Å². The van der Waals surface area contributed by atoms with E-state index >= 15 is 0 Å². The second kappa shape index (κ2) is 4.91. The van der Waals surface area contributed by atoms with Crippen LogP contribution in [-0.4, -0.2) is 20.9 Å². The van der Waals surface area contributed by atoms with Crippen LogP contribution in [0.1, 0.15) is 29.0 Å². The van der Waals surface area contributed by atoms with Gasteiger partial charge in [0.25, 0.3) is 0 Å². The first kappa shape index (κ1) is 12.2. The lowest BCUT2D eigenvalue weighted by molar-refractivity contribution is 0.0697. The average molecular weight is 245 g/mol. The summed E-state index contributed by atoms with van der Waals surface area (Å²) in [5.74, 6) is -0.916. The van der Waals surface area contributed by atoms with E-state index in [2.05, 4.69) is 10.4 Å². The molecule has 5 nitrogen and oxygen atoms in total. The zero-order valence-corrected chi connectivity index (χ0v) is 10.3. The number of carbonyl (C=O) groups is 1. The fourth-order valence-electron chi connectivity index (χ4n) is 1.84. The molecule has 2 N–H and O–H groups in total. The Morgan fingerprint density at radius 3 is 2.50 bits per heavy atom. The summed E-state index contributed by atoms with van der Waals surface area (Å²) >= 11 is 0. The molecule has 0 spiro atoms. The van der Waals surface area contributed by atoms with Gasteiger partial charge in [-0.05, 0) is 37.3 Å². The number of hydrogen-bond donors (Lipinski definition) is 2. The summed E-state index contributed by atoms with van der Waals surface area (Å²) in [6.07, 6.45) is 1.75. The third-order valence-electron chi connectivity index (χ3n) is 2.82. The quantitative estimate of drug-likeness (QED) is 0.867. The molecule has 0 bridgehead atoms. The molecule has 1 unspecified atom stereocenters. The van der Waals surface area contributed by atoms with Crippen LogP contribution in [-0.2, 0) is 7.05 Å². The van der Waals surface area contributed by atoms with Gasteiger partial charge in [-0.1, -0.05) is 0 Å². The Morgan fingerprint density at radius 1 is 1.33 bits per heavy atom. The third-order valence-corrected chi connectivity index (χ3v) is 2.82. The Hall–Kier alpha value is -2.30. The lowest BCUT2D eigenvalue weighted by Crippen LogP contribution is -2.11. The molecule has 0 aliphatic carbocycles. The van der Waals surface area contributed by atoms with Crippen LogP contribution < -0.4 is 5.32 Å². The highest BCUT2D eigenvalue weighted by Crippen LogP contribution is 2.18. The van der Waals surface area contributed by atoms with Gasteiger partial charge in [-0.25, -0.2) is 4.79 Å². The van der Waals surface area contributed by atoms with Crippen molar-refractivity contribution in [3.63, 3.8) is 0 Å². The van der Waals surface area contributed by atoms with E-state index in [0.717, 1.165) is 11.4 Å². The number of benzene rings is 1. The molecule has 1 aromatic carbocycles. The first-order valence-electron chi connectivity index (χ1n) is 5.65. The van der Waals surface area contributed by atoms with Crippen LogP contribution in [0.15, 0.2) is 36.5 Å². The van der Waals surface area contributed by atoms with Gasteiger partial charge in [0.05, 0.1) is 17.3 Å². The number of aromatic carboxylic acids is 1. The summed E-state index contributed by atoms with van der Waals surface area (Å²) in [5, 5.41) is 16.2. The standard InChI is InChI=1S/C13H15N3O2/c1-9(12-7-8-14-16(12)2)15-11-5-3-10(4-6-11)13(17)18/h3-9,15H,1-2H3,(H,17,18). The highest BCUT2D eigenvalue weighted by molar-refractivity contribution is 5.88. The molecular weight excluding hydrogens is 230 g/mol. The molecule has 1 aromatic heterocycles. The first-order valence-corrected chi connectivity index (χ1v) is 5.65. The number of nitrogens with zero attached hydrogens (tertiary/aromatic N) is 2. The maximum Gasteiger partial charge on any atom is 0.335 e. The predicted molar refractivity (Wildman–Crippen MR) is 68.6 cm³/mol. The van der Waals surface area contributed by atoms with Crippen LogP contribution in [0.2, 0.25) is 0 Å². The average Bonchev–Trinajstić information content (AvgIpc) is 2.76. The second-order valence-corrected chi connectivity index (χ2v) is 4.13. The number of nitrogens with one attached hydrogen (secondary N) is 1. The highest BCUT2D eigenvalue weighted by Gasteiger charge is 2.09. The van der Waals surface area contributed by atoms with Gasteiger partial charge < -0.3 is 10.4 Å². The molecule has 0 radical (unpaired) electrons. The Balaban J connectivity index is 2.10. The fraction of sp³-hybridized carbons (Fsp3) is 0.231. The number of carboxylic acid groups (broad SMARTS) is 1. The number of carboxylic acids is 1. The number of aromatic nitrogens is 2. The van der Waals surface area contributed by atoms with Gasteiger partial charge in [0.2, 0.25) is 0 Å². The zero-order valence-electron chi connectivity index (χ0n) is 10.3. The summed E-state index contributed by atoms with van der Waals surface area (Å²) < 4.78 is 1.81. The van der Waals surface area contributed by atoms with Crippen LogP contribution in [0.4, 0.5) is 5.69 Å². The summed E-state index contributed by atoms with van der Waals surface area (Å²) in [5.41, 5.74) is 2.24. The Labute approximate surface area is 105 Å². The maximum absolute atomic E-state index is 10.7. The second-order valence-electron chi connectivity index (χ2n) is 4.13. The van der Waals surface area contributed by atoms with Gasteiger partial charge in [0.15, 0.2) is 0 Å². The van der Waals surface area contributed by atoms with Crippen molar-refractivity contribution >= 4 is 11.7 Å². The van der Waals surface area contributed by atoms with Crippen molar-refractivity contribution < 1.29 is 9.90 Å². The Bertz CT molecular complexity index is 546. The van der Waals surface area contributed by atoms with Crippen molar-refractivity contribution in [1.29, 1.82) is 0 Å². The van der Waals surface area contributed by atoms with E-state index < -0.39 is 5.97 Å². The molecule has 5 heteroatoms. The van der Waals surface area contributed by atoms with Crippen molar-refractivity contribution in [3.8, 4) is 0 Å². The fourth-order valence-corrected chi connectivity index (χ4v) is 1.84. The van der Waals surface area contributed by atoms with Crippen LogP contribution >= 0.6 is 0 Å². The van der Waals surface area contributed by atoms with E-state index in [9.17, 15) is 4.79 Å². The Kier molecular flexibility index (Phi) is 3.32. The maximum atomic E-state index is 10.7. The minimum absolute atomic E-state index is 0.105. The zero-order chi connectivity index (χ0) is 13.1. The molecular formula is C13H15N3O2. The van der Waals surface area contributed by atoms with Crippen LogP contribution in [0.25, 0.3) is 0 Å². The molecule has 1 atom stereocenters. The highest BCUT2D eigenvalue weighted by atomic mass is 16.4. The predicted octanol–water partition coefficient (Wildman–Crippen LogP) is 2.29. The Morgan fingerprint density at radius 2 is 2.00 bits per heavy atom. The number of aryl methyl sites for hydroxylation is 1. The molecule has 0 fully saturated rings. The molecule has 0 saturated carbocycles. The van der Waals surface area contributed by atoms with E-state index in [1.54, 1.807) is 30.5 Å². The molecule has 18 heavy (non-hydrogen) atoms. The first-order chi connectivity index (χ1) is 8.58. The molecule has 0 aliphatic rings. The van der Waals surface area contributed by atoms with Gasteiger partial charge in [-0.15, -0.1) is 0 Å². The molecule has 0 saturated heterocycles. The molecule has 94 valence electrons. The summed E-state index contributed by atoms with van der Waals surface area (Å²) in [6, 6.07) is 8.74. The molecule has 0 aliphatic heterocycles. The molecule has 2 rings (SSSR count). The molecule has 0 amide bonds. The van der Waals surface area contributed by atoms with Crippen molar-refractivity contribution in [3.05, 3.63) is 47.8 Å². The van der Waals surface area contributed by atoms with Gasteiger partial charge in [0, 0.05) is 18.9 Å². The number of anilines is 1. The van der Waals surface area contributed by atoms with E-state index in [0.29, 0.717) is 0 Å². The summed E-state index contributed by atoms with van der Waals surface area (Å²) in [4.78, 5) is 10.7. The van der Waals surface area contributed by atoms with Crippen molar-refractivity contribution in [1.82, 2.24) is 9.78 Å². The van der Waals surface area contributed by atoms with Gasteiger partial charge in [0.1, 0.15) is 0 Å². The summed E-state index contributed by atoms with van der Waals surface area (Å²) in [7, 11) is 1.89. The normalized spacial score (nSPS) is 12.1. The number of rotatable bonds is 4. The van der Waals surface area contributed by atoms with Gasteiger partial charge in [-0.3, -0.25) is 4.68 Å². The third kappa shape index (κ3) is 2.51. The van der Waals surface area contributed by atoms with Crippen molar-refractivity contribution in [2.24, 2.45) is 7.05 Å². The topological polar surface area (TPSA) is 67.2 Å². The number of hydrogen-bond acceptors (Lipinski definition) is 3. The largest absolute Gasteiger partial charge is 0.478 e. The van der Waals surface area contributed by atoms with E-state index in [1.807, 2.05) is 24.7 Å². The van der Waals surface area contributed by atoms with Gasteiger partial charge >= 0.3 is 5.97 Å². The van der Waals surface area contributed by atoms with E-state index in [-0.39, 0.29) is 11.6 Å². The molecule has 1 heterocycles. The monoisotopic (exact) mass is 245 g/mol. The van der Waals surface area contributed by atoms with Crippen molar-refractivity contribution in [2.45, 2.75) is 13.0 Å². The van der Waals surface area contributed by atoms with Crippen molar-refractivity contribution in [2.75, 3.05) is 5.32 Å². The smallest absolute Gasteiger partial charge is 0.335 e. The van der Waals surface area contributed by atoms with Crippen LogP contribution in [0, 0.1) is 0 Å².